The van der Waals surface area contributed by atoms with Crippen LogP contribution in [-0.4, -0.2) is 53.5 Å². The molecular weight excluding hydrogens is 402 g/mol. The van der Waals surface area contributed by atoms with E-state index in [0.717, 1.165) is 28.9 Å². The number of hydrogen-bond acceptors (Lipinski definition) is 8. The summed E-state index contributed by atoms with van der Waals surface area (Å²) in [7, 11) is 5.34. The van der Waals surface area contributed by atoms with Crippen LogP contribution in [0.2, 0.25) is 0 Å². The Bertz CT molecular complexity index is 1010. The van der Waals surface area contributed by atoms with Crippen molar-refractivity contribution in [1.82, 2.24) is 14.8 Å². The van der Waals surface area contributed by atoms with Crippen molar-refractivity contribution in [2.75, 3.05) is 37.2 Å². The number of nitrogens with zero attached hydrogens (tertiary/aromatic N) is 4. The molecule has 1 aromatic carbocycles. The van der Waals surface area contributed by atoms with Crippen molar-refractivity contribution in [3.63, 3.8) is 0 Å². The summed E-state index contributed by atoms with van der Waals surface area (Å²) in [6, 6.07) is 7.81. The highest BCUT2D eigenvalue weighted by molar-refractivity contribution is 7.99. The van der Waals surface area contributed by atoms with E-state index in [4.69, 9.17) is 4.74 Å². The van der Waals surface area contributed by atoms with Gasteiger partial charge in [0.15, 0.2) is 5.78 Å². The van der Waals surface area contributed by atoms with E-state index in [1.807, 2.05) is 43.3 Å². The smallest absolute Gasteiger partial charge is 0.316 e. The molecule has 1 N–H and O–H groups in total. The summed E-state index contributed by atoms with van der Waals surface area (Å²) >= 11 is 1.22. The number of thioether (sulfide) groups is 1. The summed E-state index contributed by atoms with van der Waals surface area (Å²) in [6.45, 7) is 2.08. The first-order valence-electron chi connectivity index (χ1n) is 9.84. The van der Waals surface area contributed by atoms with E-state index in [2.05, 4.69) is 22.3 Å². The largest absolute Gasteiger partial charge is 0.468 e. The van der Waals surface area contributed by atoms with Gasteiger partial charge < -0.3 is 15.0 Å². The van der Waals surface area contributed by atoms with Gasteiger partial charge in [-0.3, -0.25) is 9.59 Å². The predicted molar refractivity (Wildman–Crippen MR) is 116 cm³/mol. The van der Waals surface area contributed by atoms with Gasteiger partial charge in [0.1, 0.15) is 6.04 Å². The molecule has 30 heavy (non-hydrogen) atoms. The molecular formula is C21H25N5O3S. The number of nitrogens with one attached hydrogen (secondary N) is 1. The lowest BCUT2D eigenvalue weighted by Crippen LogP contribution is -2.33. The van der Waals surface area contributed by atoms with Gasteiger partial charge in [-0.25, -0.2) is 4.68 Å². The quantitative estimate of drug-likeness (QED) is 0.576. The number of methoxy groups -OCH3 is 1. The van der Waals surface area contributed by atoms with Gasteiger partial charge in [0, 0.05) is 37.5 Å². The van der Waals surface area contributed by atoms with Gasteiger partial charge in [-0.2, -0.15) is 4.98 Å². The van der Waals surface area contributed by atoms with Crippen LogP contribution >= 0.6 is 11.8 Å². The van der Waals surface area contributed by atoms with Crippen LogP contribution in [-0.2, 0) is 14.3 Å². The zero-order chi connectivity index (χ0) is 21.4. The molecule has 0 saturated carbocycles. The molecule has 2 atom stereocenters. The van der Waals surface area contributed by atoms with Crippen molar-refractivity contribution in [2.45, 2.75) is 31.0 Å². The number of carbonyl (C=O) groups excluding carboxylic acids is 2. The van der Waals surface area contributed by atoms with Crippen molar-refractivity contribution >= 4 is 35.2 Å². The average molecular weight is 428 g/mol. The minimum Gasteiger partial charge on any atom is -0.468 e. The second-order valence-electron chi connectivity index (χ2n) is 7.87. The minimum absolute atomic E-state index is 0.130. The SMILES string of the molecule is COC(=O)CSc1nc2n(n1)[C@@H](c1ccc(N(C)C)cc1)C1=C(C[C@H](C)CC1=O)N2. The predicted octanol–water partition coefficient (Wildman–Crippen LogP) is 2.88. The first kappa shape index (κ1) is 20.5. The number of carbonyl (C=O) groups is 2. The zero-order valence-corrected chi connectivity index (χ0v) is 18.3. The van der Waals surface area contributed by atoms with Crippen molar-refractivity contribution in [1.29, 1.82) is 0 Å². The van der Waals surface area contributed by atoms with E-state index in [1.165, 1.54) is 18.9 Å². The molecule has 9 heteroatoms. The van der Waals surface area contributed by atoms with Gasteiger partial charge in [0.25, 0.3) is 0 Å². The first-order valence-corrected chi connectivity index (χ1v) is 10.8. The first-order chi connectivity index (χ1) is 14.4. The summed E-state index contributed by atoms with van der Waals surface area (Å²) in [5, 5.41) is 8.41. The van der Waals surface area contributed by atoms with Gasteiger partial charge in [-0.15, -0.1) is 5.10 Å². The second-order valence-corrected chi connectivity index (χ2v) is 8.81. The number of ketones is 1. The topological polar surface area (TPSA) is 89.3 Å². The Labute approximate surface area is 179 Å². The summed E-state index contributed by atoms with van der Waals surface area (Å²) in [5.41, 5.74) is 3.74. The second kappa shape index (κ2) is 8.14. The molecule has 2 aliphatic rings. The van der Waals surface area contributed by atoms with Gasteiger partial charge in [0.05, 0.1) is 12.9 Å². The van der Waals surface area contributed by atoms with Gasteiger partial charge in [0.2, 0.25) is 11.1 Å². The number of hydrogen-bond donors (Lipinski definition) is 1. The third-order valence-electron chi connectivity index (χ3n) is 5.38. The Morgan fingerprint density at radius 3 is 2.70 bits per heavy atom. The molecule has 0 unspecified atom stereocenters. The summed E-state index contributed by atoms with van der Waals surface area (Å²) in [4.78, 5) is 31.1. The van der Waals surface area contributed by atoms with Crippen LogP contribution in [0.25, 0.3) is 0 Å². The maximum Gasteiger partial charge on any atom is 0.316 e. The molecule has 0 saturated heterocycles. The zero-order valence-electron chi connectivity index (χ0n) is 17.5. The molecule has 8 nitrogen and oxygen atoms in total. The normalized spacial score (nSPS) is 20.3. The minimum atomic E-state index is -0.340. The Kier molecular flexibility index (Phi) is 5.55. The number of rotatable bonds is 5. The van der Waals surface area contributed by atoms with Crippen LogP contribution in [0.4, 0.5) is 11.6 Å². The number of aromatic nitrogens is 3. The maximum absolute atomic E-state index is 13.0. The van der Waals surface area contributed by atoms with Crippen LogP contribution in [0.5, 0.6) is 0 Å². The molecule has 0 fully saturated rings. The molecule has 1 aliphatic heterocycles. The van der Waals surface area contributed by atoms with E-state index >= 15 is 0 Å². The fraction of sp³-hybridized carbons (Fsp3) is 0.429. The Morgan fingerprint density at radius 1 is 1.30 bits per heavy atom. The molecule has 1 aromatic heterocycles. The van der Waals surface area contributed by atoms with Crippen molar-refractivity contribution in [3.8, 4) is 0 Å². The Morgan fingerprint density at radius 2 is 2.03 bits per heavy atom. The number of Topliss-reactive ketones (excluding diaryl/α,β-unsaturated/α-hetero) is 1. The van der Waals surface area contributed by atoms with Gasteiger partial charge >= 0.3 is 5.97 Å². The molecule has 0 amide bonds. The number of ether oxygens (including phenoxy) is 1. The van der Waals surface area contributed by atoms with E-state index in [-0.39, 0.29) is 29.5 Å². The summed E-state index contributed by atoms with van der Waals surface area (Å²) < 4.78 is 6.46. The summed E-state index contributed by atoms with van der Waals surface area (Å²) in [6.07, 6.45) is 1.33. The van der Waals surface area contributed by atoms with Crippen molar-refractivity contribution in [3.05, 3.63) is 41.1 Å². The fourth-order valence-corrected chi connectivity index (χ4v) is 4.56. The lowest BCUT2D eigenvalue weighted by Gasteiger charge is -2.34. The molecule has 2 heterocycles. The maximum atomic E-state index is 13.0. The number of allylic oxidation sites excluding steroid dienone is 2. The van der Waals surface area contributed by atoms with Crippen molar-refractivity contribution in [2.24, 2.45) is 5.92 Å². The summed E-state index contributed by atoms with van der Waals surface area (Å²) in [5.74, 6) is 0.805. The molecule has 158 valence electrons. The highest BCUT2D eigenvalue weighted by atomic mass is 32.2. The van der Waals surface area contributed by atoms with Crippen LogP contribution in [0.1, 0.15) is 31.4 Å². The average Bonchev–Trinajstić information content (AvgIpc) is 3.12. The monoisotopic (exact) mass is 427 g/mol. The highest BCUT2D eigenvalue weighted by Gasteiger charge is 2.38. The van der Waals surface area contributed by atoms with E-state index in [9.17, 15) is 9.59 Å². The van der Waals surface area contributed by atoms with E-state index < -0.39 is 0 Å². The van der Waals surface area contributed by atoms with Gasteiger partial charge in [-0.1, -0.05) is 30.8 Å². The van der Waals surface area contributed by atoms with Crippen molar-refractivity contribution < 1.29 is 14.3 Å². The van der Waals surface area contributed by atoms with Crippen LogP contribution < -0.4 is 10.2 Å². The molecule has 2 aromatic rings. The highest BCUT2D eigenvalue weighted by Crippen LogP contribution is 2.42. The fourth-order valence-electron chi connectivity index (χ4n) is 3.89. The molecule has 4 rings (SSSR count). The lowest BCUT2D eigenvalue weighted by atomic mass is 9.81. The number of esters is 1. The Balaban J connectivity index is 1.75. The molecule has 1 aliphatic carbocycles. The third kappa shape index (κ3) is 3.81. The Hall–Kier alpha value is -2.81. The third-order valence-corrected chi connectivity index (χ3v) is 6.19. The number of fused-ring (bicyclic) bond motifs is 1. The molecule has 0 radical (unpaired) electrons. The lowest BCUT2D eigenvalue weighted by molar-refractivity contribution is -0.137. The number of anilines is 2. The standard InChI is InChI=1S/C21H25N5O3S/c1-12-9-15-18(16(27)10-12)19(13-5-7-14(8-6-13)25(2)3)26-20(22-15)23-21(24-26)30-11-17(28)29-4/h5-8,12,19H,9-11H2,1-4H3,(H,22,23,24)/t12-,19-/m0/s1. The van der Waals surface area contributed by atoms with E-state index in [0.29, 0.717) is 17.5 Å². The van der Waals surface area contributed by atoms with E-state index in [1.54, 1.807) is 4.68 Å². The molecule has 0 spiro atoms. The van der Waals surface area contributed by atoms with Crippen LogP contribution in [0, 0.1) is 5.92 Å². The van der Waals surface area contributed by atoms with Crippen LogP contribution in [0.15, 0.2) is 40.7 Å². The van der Waals surface area contributed by atoms with Crippen LogP contribution in [0.3, 0.4) is 0 Å². The number of benzene rings is 1. The molecule has 0 bridgehead atoms. The van der Waals surface area contributed by atoms with Gasteiger partial charge in [-0.05, 0) is 30.0 Å².